The minimum atomic E-state index is -0.836. The van der Waals surface area contributed by atoms with Gasteiger partial charge in [-0.25, -0.2) is 8.78 Å². The third-order valence-electron chi connectivity index (χ3n) is 3.69. The Bertz CT molecular complexity index is 367. The van der Waals surface area contributed by atoms with Crippen molar-refractivity contribution in [3.8, 4) is 0 Å². The molecule has 0 aliphatic rings. The van der Waals surface area contributed by atoms with E-state index in [9.17, 15) is 8.78 Å². The number of benzene rings is 1. The molecule has 0 saturated carbocycles. The number of rotatable bonds is 12. The summed E-state index contributed by atoms with van der Waals surface area (Å²) >= 11 is 2.83. The largest absolute Gasteiger partial charge is 0.381 e. The highest BCUT2D eigenvalue weighted by atomic mass is 79.9. The van der Waals surface area contributed by atoms with Gasteiger partial charge in [0.15, 0.2) is 11.6 Å². The summed E-state index contributed by atoms with van der Waals surface area (Å²) in [6, 6.07) is 3.95. The molecular weight excluding hydrogens is 374 g/mol. The zero-order chi connectivity index (χ0) is 18.0. The maximum atomic E-state index is 12.3. The molecule has 1 aromatic carbocycles. The Labute approximate surface area is 155 Å². The molecule has 24 heavy (non-hydrogen) atoms. The van der Waals surface area contributed by atoms with E-state index in [1.54, 1.807) is 0 Å². The van der Waals surface area contributed by atoms with E-state index in [1.165, 1.54) is 76.3 Å². The van der Waals surface area contributed by atoms with Crippen LogP contribution in [0.3, 0.4) is 0 Å². The lowest BCUT2D eigenvalue weighted by Crippen LogP contribution is -1.97. The first-order chi connectivity index (χ1) is 11.6. The Kier molecular flexibility index (Phi) is 17.0. The van der Waals surface area contributed by atoms with Crippen LogP contribution in [0.25, 0.3) is 0 Å². The van der Waals surface area contributed by atoms with Crippen molar-refractivity contribution < 1.29 is 13.5 Å². The maximum Gasteiger partial charge on any atom is 0.172 e. The van der Waals surface area contributed by atoms with E-state index < -0.39 is 11.6 Å². The first kappa shape index (κ1) is 23.5. The van der Waals surface area contributed by atoms with Crippen LogP contribution < -0.4 is 0 Å². The number of hydrogen-bond donors (Lipinski definition) is 0. The second kappa shape index (κ2) is 17.3. The quantitative estimate of drug-likeness (QED) is 0.255. The van der Waals surface area contributed by atoms with Crippen molar-refractivity contribution in [3.63, 3.8) is 0 Å². The molecule has 0 saturated heterocycles. The van der Waals surface area contributed by atoms with E-state index in [2.05, 4.69) is 29.8 Å². The first-order valence-electron chi connectivity index (χ1n) is 9.30. The van der Waals surface area contributed by atoms with E-state index >= 15 is 0 Å². The predicted octanol–water partition coefficient (Wildman–Crippen LogP) is 7.67. The molecule has 4 heteroatoms. The summed E-state index contributed by atoms with van der Waals surface area (Å²) < 4.78 is 30.2. The van der Waals surface area contributed by atoms with Gasteiger partial charge < -0.3 is 4.74 Å². The molecule has 0 aliphatic heterocycles. The monoisotopic (exact) mass is 406 g/mol. The molecule has 0 heterocycles. The fraction of sp³-hybridized carbons (Fsp3) is 0.700. The van der Waals surface area contributed by atoms with Gasteiger partial charge in [0, 0.05) is 13.2 Å². The third kappa shape index (κ3) is 13.9. The molecule has 1 nitrogen and oxygen atoms in total. The van der Waals surface area contributed by atoms with Crippen LogP contribution in [0.1, 0.15) is 78.1 Å². The molecule has 1 aromatic rings. The Morgan fingerprint density at radius 3 is 1.71 bits per heavy atom. The third-order valence-corrected chi connectivity index (χ3v) is 4.30. The normalized spacial score (nSPS) is 10.4. The average Bonchev–Trinajstić information content (AvgIpc) is 2.58. The van der Waals surface area contributed by atoms with Gasteiger partial charge in [-0.15, -0.1) is 0 Å². The number of hydrogen-bond acceptors (Lipinski definition) is 1. The van der Waals surface area contributed by atoms with Crippen molar-refractivity contribution in [2.24, 2.45) is 0 Å². The Balaban J connectivity index is 0.000000496. The van der Waals surface area contributed by atoms with Crippen LogP contribution in [0, 0.1) is 11.6 Å². The second-order valence-electron chi connectivity index (χ2n) is 5.98. The van der Waals surface area contributed by atoms with Crippen molar-refractivity contribution in [2.45, 2.75) is 78.1 Å². The topological polar surface area (TPSA) is 9.23 Å². The molecule has 0 aromatic heterocycles. The van der Waals surface area contributed by atoms with E-state index in [0.29, 0.717) is 0 Å². The van der Waals surface area contributed by atoms with E-state index in [4.69, 9.17) is 4.74 Å². The number of ether oxygens (including phenoxy) is 1. The van der Waals surface area contributed by atoms with Crippen molar-refractivity contribution in [2.75, 3.05) is 13.2 Å². The van der Waals surface area contributed by atoms with Crippen LogP contribution in [0.5, 0.6) is 0 Å². The lowest BCUT2D eigenvalue weighted by molar-refractivity contribution is 0.125. The van der Waals surface area contributed by atoms with Gasteiger partial charge in [0.05, 0.1) is 4.47 Å². The number of halogens is 3. The number of unbranched alkanes of at least 4 members (excludes halogenated alkanes) is 8. The van der Waals surface area contributed by atoms with Crippen LogP contribution in [-0.4, -0.2) is 13.2 Å². The van der Waals surface area contributed by atoms with Crippen molar-refractivity contribution in [1.29, 1.82) is 0 Å². The standard InChI is InChI=1S/C14H30O.C6H3BrF2/c1-3-5-7-9-11-13-15-14-12-10-8-6-4-2;7-4-2-1-3-5(8)6(4)9/h3-14H2,1-2H3;1-3H. The van der Waals surface area contributed by atoms with Crippen LogP contribution in [0.15, 0.2) is 22.7 Å². The van der Waals surface area contributed by atoms with Gasteiger partial charge in [-0.1, -0.05) is 71.3 Å². The Morgan fingerprint density at radius 1 is 0.792 bits per heavy atom. The zero-order valence-electron chi connectivity index (χ0n) is 15.3. The van der Waals surface area contributed by atoms with Crippen LogP contribution in [0.2, 0.25) is 0 Å². The summed E-state index contributed by atoms with van der Waals surface area (Å²) in [7, 11) is 0. The van der Waals surface area contributed by atoms with Gasteiger partial charge in [0.2, 0.25) is 0 Å². The van der Waals surface area contributed by atoms with Crippen LogP contribution in [0.4, 0.5) is 8.78 Å². The minimum Gasteiger partial charge on any atom is -0.381 e. The predicted molar refractivity (Wildman–Crippen MR) is 102 cm³/mol. The highest BCUT2D eigenvalue weighted by Gasteiger charge is 2.02. The van der Waals surface area contributed by atoms with Crippen LogP contribution in [-0.2, 0) is 4.74 Å². The highest BCUT2D eigenvalue weighted by Crippen LogP contribution is 2.16. The molecule has 0 radical (unpaired) electrons. The molecule has 0 fully saturated rings. The Morgan fingerprint density at radius 2 is 1.29 bits per heavy atom. The lowest BCUT2D eigenvalue weighted by Gasteiger charge is -2.03. The molecule has 0 unspecified atom stereocenters. The molecule has 0 atom stereocenters. The molecule has 0 aliphatic carbocycles. The molecule has 0 spiro atoms. The van der Waals surface area contributed by atoms with E-state index in [0.717, 1.165) is 19.3 Å². The van der Waals surface area contributed by atoms with Gasteiger partial charge in [0.1, 0.15) is 0 Å². The Hall–Kier alpha value is -0.480. The fourth-order valence-electron chi connectivity index (χ4n) is 2.19. The molecular formula is C20H33BrF2O. The average molecular weight is 407 g/mol. The first-order valence-corrected chi connectivity index (χ1v) is 10.1. The SMILES string of the molecule is CCCCCCCOCCCCCCC.Fc1cccc(Br)c1F. The van der Waals surface area contributed by atoms with Crippen molar-refractivity contribution >= 4 is 15.9 Å². The smallest absolute Gasteiger partial charge is 0.172 e. The zero-order valence-corrected chi connectivity index (χ0v) is 16.8. The molecule has 0 N–H and O–H groups in total. The lowest BCUT2D eigenvalue weighted by atomic mass is 10.1. The molecule has 1 rings (SSSR count). The summed E-state index contributed by atoms with van der Waals surface area (Å²) in [5, 5.41) is 0. The molecule has 0 amide bonds. The fourth-order valence-corrected chi connectivity index (χ4v) is 2.54. The van der Waals surface area contributed by atoms with E-state index in [1.807, 2.05) is 0 Å². The van der Waals surface area contributed by atoms with Crippen molar-refractivity contribution in [1.82, 2.24) is 0 Å². The summed E-state index contributed by atoms with van der Waals surface area (Å²) in [4.78, 5) is 0. The van der Waals surface area contributed by atoms with Gasteiger partial charge in [-0.2, -0.15) is 0 Å². The molecule has 140 valence electrons. The summed E-state index contributed by atoms with van der Waals surface area (Å²) in [6.45, 7) is 6.48. The van der Waals surface area contributed by atoms with Gasteiger partial charge >= 0.3 is 0 Å². The van der Waals surface area contributed by atoms with Crippen molar-refractivity contribution in [3.05, 3.63) is 34.3 Å². The van der Waals surface area contributed by atoms with Gasteiger partial charge in [-0.3, -0.25) is 0 Å². The van der Waals surface area contributed by atoms with E-state index in [-0.39, 0.29) is 4.47 Å². The highest BCUT2D eigenvalue weighted by molar-refractivity contribution is 9.10. The maximum absolute atomic E-state index is 12.3. The van der Waals surface area contributed by atoms with Gasteiger partial charge in [0.25, 0.3) is 0 Å². The summed E-state index contributed by atoms with van der Waals surface area (Å²) in [5.74, 6) is -1.66. The molecule has 0 bridgehead atoms. The second-order valence-corrected chi connectivity index (χ2v) is 6.83. The minimum absolute atomic E-state index is 0.155. The summed E-state index contributed by atoms with van der Waals surface area (Å²) in [5.41, 5.74) is 0. The van der Waals surface area contributed by atoms with Crippen LogP contribution >= 0.6 is 15.9 Å². The summed E-state index contributed by atoms with van der Waals surface area (Å²) in [6.07, 6.45) is 13.4. The van der Waals surface area contributed by atoms with Gasteiger partial charge in [-0.05, 0) is 40.9 Å².